The average molecular weight is 272 g/mol. The topological polar surface area (TPSA) is 43.4 Å². The van der Waals surface area contributed by atoms with E-state index < -0.39 is 0 Å². The molecule has 0 bridgehead atoms. The minimum absolute atomic E-state index is 0.0520. The van der Waals surface area contributed by atoms with E-state index >= 15 is 0 Å². The lowest BCUT2D eigenvalue weighted by molar-refractivity contribution is -0.146. The maximum Gasteiger partial charge on any atom is 0.309 e. The van der Waals surface area contributed by atoms with Crippen LogP contribution in [0.3, 0.4) is 0 Å². The number of ether oxygens (including phenoxy) is 1. The Morgan fingerprint density at radius 1 is 1.40 bits per heavy atom. The van der Waals surface area contributed by atoms with Gasteiger partial charge in [0, 0.05) is 11.8 Å². The van der Waals surface area contributed by atoms with E-state index in [1.165, 1.54) is 11.1 Å². The number of hydrogen-bond acceptors (Lipinski definition) is 3. The van der Waals surface area contributed by atoms with Crippen molar-refractivity contribution >= 4 is 11.8 Å². The predicted octanol–water partition coefficient (Wildman–Crippen LogP) is 2.55. The Morgan fingerprint density at radius 2 is 2.20 bits per heavy atom. The van der Waals surface area contributed by atoms with Gasteiger partial charge in [-0.2, -0.15) is 0 Å². The summed E-state index contributed by atoms with van der Waals surface area (Å²) in [5.41, 5.74) is 2.44. The van der Waals surface area contributed by atoms with E-state index in [0.717, 1.165) is 12.8 Å². The molecule has 0 aliphatic heterocycles. The summed E-state index contributed by atoms with van der Waals surface area (Å²) in [6.45, 7) is 4.27. The first-order chi connectivity index (χ1) is 9.61. The van der Waals surface area contributed by atoms with E-state index in [2.05, 4.69) is 25.1 Å². The molecule has 2 saturated carbocycles. The highest BCUT2D eigenvalue weighted by Gasteiger charge is 2.65. The number of esters is 1. The molecule has 0 N–H and O–H groups in total. The molecule has 0 saturated heterocycles. The van der Waals surface area contributed by atoms with Crippen LogP contribution in [0.5, 0.6) is 0 Å². The van der Waals surface area contributed by atoms with Crippen molar-refractivity contribution in [3.63, 3.8) is 0 Å². The molecule has 0 amide bonds. The molecule has 3 rings (SSSR count). The highest BCUT2D eigenvalue weighted by Crippen LogP contribution is 2.58. The van der Waals surface area contributed by atoms with Crippen LogP contribution < -0.4 is 0 Å². The Hall–Kier alpha value is -1.64. The molecular weight excluding hydrogens is 252 g/mol. The van der Waals surface area contributed by atoms with Crippen molar-refractivity contribution in [1.29, 1.82) is 0 Å². The van der Waals surface area contributed by atoms with Crippen molar-refractivity contribution in [2.75, 3.05) is 6.61 Å². The van der Waals surface area contributed by atoms with Crippen LogP contribution >= 0.6 is 0 Å². The fourth-order valence-electron chi connectivity index (χ4n) is 3.64. The number of aryl methyl sites for hydroxylation is 1. The van der Waals surface area contributed by atoms with E-state index in [4.69, 9.17) is 4.74 Å². The zero-order valence-corrected chi connectivity index (χ0v) is 12.0. The second-order valence-corrected chi connectivity index (χ2v) is 6.00. The minimum Gasteiger partial charge on any atom is -0.466 e. The summed E-state index contributed by atoms with van der Waals surface area (Å²) in [5, 5.41) is 0. The Balaban J connectivity index is 1.61. The van der Waals surface area contributed by atoms with Crippen LogP contribution in [0.4, 0.5) is 0 Å². The molecule has 20 heavy (non-hydrogen) atoms. The van der Waals surface area contributed by atoms with E-state index in [9.17, 15) is 9.59 Å². The van der Waals surface area contributed by atoms with Gasteiger partial charge in [0.1, 0.15) is 5.78 Å². The van der Waals surface area contributed by atoms with Crippen LogP contribution in [0.25, 0.3) is 0 Å². The summed E-state index contributed by atoms with van der Waals surface area (Å²) in [6, 6.07) is 8.31. The number of hydrogen-bond donors (Lipinski definition) is 0. The van der Waals surface area contributed by atoms with Gasteiger partial charge in [-0.05, 0) is 38.2 Å². The van der Waals surface area contributed by atoms with Crippen LogP contribution in [0.2, 0.25) is 0 Å². The third-order valence-corrected chi connectivity index (χ3v) is 4.58. The highest BCUT2D eigenvalue weighted by atomic mass is 16.5. The minimum atomic E-state index is -0.176. The molecule has 3 nitrogen and oxygen atoms in total. The van der Waals surface area contributed by atoms with Crippen molar-refractivity contribution in [3.8, 4) is 0 Å². The lowest BCUT2D eigenvalue weighted by atomic mass is 9.91. The second-order valence-electron chi connectivity index (χ2n) is 6.00. The van der Waals surface area contributed by atoms with Gasteiger partial charge >= 0.3 is 5.97 Å². The SMILES string of the molecule is CCOC(=O)C1C2CC(Cc3cccc(C)c3)C(=O)C21. The fourth-order valence-corrected chi connectivity index (χ4v) is 3.64. The van der Waals surface area contributed by atoms with Crippen molar-refractivity contribution in [1.82, 2.24) is 0 Å². The molecule has 106 valence electrons. The molecule has 1 aromatic carbocycles. The van der Waals surface area contributed by atoms with E-state index in [0.29, 0.717) is 6.61 Å². The molecule has 1 aromatic rings. The second kappa shape index (κ2) is 5.04. The maximum absolute atomic E-state index is 12.3. The standard InChI is InChI=1S/C17H20O3/c1-3-20-17(19)15-13-9-12(16(18)14(13)15)8-11-6-4-5-10(2)7-11/h4-7,12-15H,3,8-9H2,1-2H3. The van der Waals surface area contributed by atoms with Crippen LogP contribution in [0.15, 0.2) is 24.3 Å². The van der Waals surface area contributed by atoms with E-state index in [1.54, 1.807) is 6.92 Å². The lowest BCUT2D eigenvalue weighted by Crippen LogP contribution is -2.20. The van der Waals surface area contributed by atoms with Crippen LogP contribution in [-0.4, -0.2) is 18.4 Å². The van der Waals surface area contributed by atoms with Gasteiger partial charge in [0.2, 0.25) is 0 Å². The Morgan fingerprint density at radius 3 is 2.80 bits per heavy atom. The Labute approximate surface area is 119 Å². The molecule has 4 unspecified atom stereocenters. The van der Waals surface area contributed by atoms with Gasteiger partial charge in [-0.15, -0.1) is 0 Å². The zero-order chi connectivity index (χ0) is 14.3. The first-order valence-electron chi connectivity index (χ1n) is 7.37. The normalized spacial score (nSPS) is 31.0. The number of Topliss-reactive ketones (excluding diaryl/α,β-unsaturated/α-hetero) is 1. The first-order valence-corrected chi connectivity index (χ1v) is 7.37. The average Bonchev–Trinajstić information content (AvgIpc) is 3.03. The summed E-state index contributed by atoms with van der Waals surface area (Å²) in [6.07, 6.45) is 1.66. The fraction of sp³-hybridized carbons (Fsp3) is 0.529. The lowest BCUT2D eigenvalue weighted by Gasteiger charge is -2.13. The number of fused-ring (bicyclic) bond motifs is 1. The Bertz CT molecular complexity index is 549. The molecule has 2 aliphatic carbocycles. The third-order valence-electron chi connectivity index (χ3n) is 4.58. The maximum atomic E-state index is 12.3. The summed E-state index contributed by atoms with van der Waals surface area (Å²) >= 11 is 0. The molecule has 0 heterocycles. The largest absolute Gasteiger partial charge is 0.466 e. The van der Waals surface area contributed by atoms with E-state index in [-0.39, 0.29) is 35.4 Å². The van der Waals surface area contributed by atoms with Crippen molar-refractivity contribution in [2.45, 2.75) is 26.7 Å². The molecule has 0 spiro atoms. The molecule has 2 aliphatic rings. The smallest absolute Gasteiger partial charge is 0.309 e. The van der Waals surface area contributed by atoms with Gasteiger partial charge < -0.3 is 4.74 Å². The first kappa shape index (κ1) is 13.3. The quantitative estimate of drug-likeness (QED) is 0.791. The predicted molar refractivity (Wildman–Crippen MR) is 75.1 cm³/mol. The van der Waals surface area contributed by atoms with Crippen LogP contribution in [0, 0.1) is 30.6 Å². The van der Waals surface area contributed by atoms with Gasteiger partial charge in [0.05, 0.1) is 12.5 Å². The van der Waals surface area contributed by atoms with E-state index in [1.807, 2.05) is 6.07 Å². The van der Waals surface area contributed by atoms with Crippen LogP contribution in [0.1, 0.15) is 24.5 Å². The summed E-state index contributed by atoms with van der Waals surface area (Å²) < 4.78 is 5.03. The molecule has 3 heteroatoms. The van der Waals surface area contributed by atoms with Crippen LogP contribution in [-0.2, 0) is 20.7 Å². The Kier molecular flexibility index (Phi) is 3.36. The number of carbonyl (C=O) groups is 2. The summed E-state index contributed by atoms with van der Waals surface area (Å²) in [7, 11) is 0. The third kappa shape index (κ3) is 2.26. The zero-order valence-electron chi connectivity index (χ0n) is 12.0. The monoisotopic (exact) mass is 272 g/mol. The number of rotatable bonds is 4. The molecule has 0 aromatic heterocycles. The molecule has 2 fully saturated rings. The number of carbonyl (C=O) groups excluding carboxylic acids is 2. The van der Waals surface area contributed by atoms with Crippen molar-refractivity contribution < 1.29 is 14.3 Å². The highest BCUT2D eigenvalue weighted by molar-refractivity contribution is 5.96. The van der Waals surface area contributed by atoms with Crippen molar-refractivity contribution in [2.24, 2.45) is 23.7 Å². The molecule has 0 radical (unpaired) electrons. The van der Waals surface area contributed by atoms with Gasteiger partial charge in [-0.3, -0.25) is 9.59 Å². The summed E-state index contributed by atoms with van der Waals surface area (Å²) in [4.78, 5) is 24.0. The van der Waals surface area contributed by atoms with Gasteiger partial charge in [-0.1, -0.05) is 29.8 Å². The van der Waals surface area contributed by atoms with Gasteiger partial charge in [0.25, 0.3) is 0 Å². The number of benzene rings is 1. The summed E-state index contributed by atoms with van der Waals surface area (Å²) in [5.74, 6) is 0.244. The van der Waals surface area contributed by atoms with Gasteiger partial charge in [-0.25, -0.2) is 0 Å². The van der Waals surface area contributed by atoms with Gasteiger partial charge in [0.15, 0.2) is 0 Å². The number of ketones is 1. The van der Waals surface area contributed by atoms with Crippen molar-refractivity contribution in [3.05, 3.63) is 35.4 Å². The molecule has 4 atom stereocenters. The molecular formula is C17H20O3.